The normalized spacial score (nSPS) is 9.74. The molecule has 102 valence electrons. The number of rotatable bonds is 7. The van der Waals surface area contributed by atoms with Crippen molar-refractivity contribution in [1.29, 1.82) is 5.26 Å². The maximum atomic E-state index is 10.0. The number of aromatic nitrogens is 1. The first kappa shape index (κ1) is 14.7. The third-order valence-electron chi connectivity index (χ3n) is 2.51. The van der Waals surface area contributed by atoms with Crippen molar-refractivity contribution >= 4 is 17.3 Å². The highest BCUT2D eigenvalue weighted by molar-refractivity contribution is 5.74. The van der Waals surface area contributed by atoms with Crippen molar-refractivity contribution in [2.45, 2.75) is 6.92 Å². The molecule has 1 aromatic heterocycles. The molecule has 0 radical (unpaired) electrons. The number of anilines is 3. The van der Waals surface area contributed by atoms with Gasteiger partial charge in [0.15, 0.2) is 5.82 Å². The second-order valence-electron chi connectivity index (χ2n) is 3.76. The zero-order valence-electron chi connectivity index (χ0n) is 10.6. The molecule has 1 aromatic rings. The zero-order valence-corrected chi connectivity index (χ0v) is 10.6. The molecule has 5 N–H and O–H groups in total. The van der Waals surface area contributed by atoms with Crippen LogP contribution in [0.4, 0.5) is 17.3 Å². The van der Waals surface area contributed by atoms with Gasteiger partial charge in [-0.2, -0.15) is 10.2 Å². The Morgan fingerprint density at radius 2 is 2.11 bits per heavy atom. The fourth-order valence-corrected chi connectivity index (χ4v) is 1.51. The van der Waals surface area contributed by atoms with Crippen LogP contribution in [0.25, 0.3) is 0 Å². The second kappa shape index (κ2) is 7.13. The monoisotopic (exact) mass is 264 g/mol. The van der Waals surface area contributed by atoms with Crippen LogP contribution in [0.2, 0.25) is 0 Å². The molecule has 0 saturated carbocycles. The summed E-state index contributed by atoms with van der Waals surface area (Å²) in [6.45, 7) is 2.32. The molecule has 8 heteroatoms. The van der Waals surface area contributed by atoms with Crippen LogP contribution in [-0.2, 0) is 0 Å². The second-order valence-corrected chi connectivity index (χ2v) is 3.76. The van der Waals surface area contributed by atoms with E-state index in [1.54, 1.807) is 6.92 Å². The summed E-state index contributed by atoms with van der Waals surface area (Å²) in [6.07, 6.45) is 0. The number of hydrogen-bond donors (Lipinski definition) is 4. The van der Waals surface area contributed by atoms with E-state index in [0.29, 0.717) is 35.0 Å². The van der Waals surface area contributed by atoms with E-state index in [9.17, 15) is 4.91 Å². The molecule has 0 aromatic carbocycles. The molecule has 0 spiro atoms. The summed E-state index contributed by atoms with van der Waals surface area (Å²) in [5.41, 5.74) is 7.17. The molecule has 8 nitrogen and oxygen atoms in total. The van der Waals surface area contributed by atoms with Crippen molar-refractivity contribution in [1.82, 2.24) is 4.98 Å². The molecular formula is C11H16N6O2. The van der Waals surface area contributed by atoms with Crippen LogP contribution in [0.5, 0.6) is 0 Å². The molecule has 0 fully saturated rings. The number of nitrogens with one attached hydrogen (secondary N) is 2. The minimum absolute atomic E-state index is 0.0756. The van der Waals surface area contributed by atoms with Gasteiger partial charge in [-0.15, -0.1) is 0 Å². The molecule has 19 heavy (non-hydrogen) atoms. The standard InChI is InChI=1S/C11H16N6O2/c1-7-8(6-12)10(15-4-5-18)17-11(9(7)13)14-2-3-16-19/h18H,2-5,13H2,1H3,(H2,14,15,17). The van der Waals surface area contributed by atoms with E-state index in [4.69, 9.17) is 16.1 Å². The Balaban J connectivity index is 3.08. The number of aliphatic hydroxyl groups is 1. The van der Waals surface area contributed by atoms with Crippen LogP contribution >= 0.6 is 0 Å². The third kappa shape index (κ3) is 3.53. The number of nitrogens with zero attached hydrogens (tertiary/aromatic N) is 3. The topological polar surface area (TPSA) is 136 Å². The Kier molecular flexibility index (Phi) is 5.50. The van der Waals surface area contributed by atoms with Gasteiger partial charge in [0.25, 0.3) is 0 Å². The van der Waals surface area contributed by atoms with Crippen molar-refractivity contribution in [3.8, 4) is 6.07 Å². The van der Waals surface area contributed by atoms with Gasteiger partial charge >= 0.3 is 0 Å². The summed E-state index contributed by atoms with van der Waals surface area (Å²) < 4.78 is 0. The van der Waals surface area contributed by atoms with Crippen molar-refractivity contribution in [2.75, 3.05) is 42.6 Å². The highest BCUT2D eigenvalue weighted by atomic mass is 16.3. The maximum absolute atomic E-state index is 10.0. The summed E-state index contributed by atoms with van der Waals surface area (Å²) in [5, 5.41) is 26.4. The van der Waals surface area contributed by atoms with Gasteiger partial charge in [0.2, 0.25) is 0 Å². The molecule has 0 bridgehead atoms. The van der Waals surface area contributed by atoms with Crippen LogP contribution in [0.1, 0.15) is 11.1 Å². The quantitative estimate of drug-likeness (QED) is 0.414. The number of nitriles is 1. The number of nitroso groups, excluding NO2 is 1. The van der Waals surface area contributed by atoms with Gasteiger partial charge in [-0.25, -0.2) is 4.98 Å². The molecule has 1 heterocycles. The van der Waals surface area contributed by atoms with Gasteiger partial charge in [0.1, 0.15) is 11.9 Å². The summed E-state index contributed by atoms with van der Waals surface area (Å²) in [5.74, 6) is 0.741. The van der Waals surface area contributed by atoms with Gasteiger partial charge in [0, 0.05) is 13.1 Å². The lowest BCUT2D eigenvalue weighted by Crippen LogP contribution is -2.14. The smallest absolute Gasteiger partial charge is 0.152 e. The molecule has 0 atom stereocenters. The number of nitrogens with two attached hydrogens (primary N) is 1. The van der Waals surface area contributed by atoms with Crippen molar-refractivity contribution in [3.05, 3.63) is 16.0 Å². The van der Waals surface area contributed by atoms with Gasteiger partial charge in [-0.3, -0.25) is 0 Å². The van der Waals surface area contributed by atoms with E-state index in [-0.39, 0.29) is 19.7 Å². The van der Waals surface area contributed by atoms with E-state index in [1.165, 1.54) is 0 Å². The SMILES string of the molecule is Cc1c(N)c(NCCN=O)nc(NCCO)c1C#N. The fraction of sp³-hybridized carbons (Fsp3) is 0.455. The van der Waals surface area contributed by atoms with E-state index < -0.39 is 0 Å². The average molecular weight is 264 g/mol. The van der Waals surface area contributed by atoms with E-state index in [0.717, 1.165) is 0 Å². The highest BCUT2D eigenvalue weighted by Gasteiger charge is 2.14. The third-order valence-corrected chi connectivity index (χ3v) is 2.51. The van der Waals surface area contributed by atoms with E-state index in [2.05, 4.69) is 20.8 Å². The van der Waals surface area contributed by atoms with Crippen LogP contribution in [0, 0.1) is 23.2 Å². The maximum Gasteiger partial charge on any atom is 0.152 e. The van der Waals surface area contributed by atoms with Gasteiger partial charge in [-0.05, 0) is 12.5 Å². The van der Waals surface area contributed by atoms with E-state index in [1.807, 2.05) is 6.07 Å². The molecule has 0 amide bonds. The van der Waals surface area contributed by atoms with Crippen LogP contribution in [-0.4, -0.2) is 36.3 Å². The Labute approximate surface area is 110 Å². The minimum atomic E-state index is -0.0756. The van der Waals surface area contributed by atoms with E-state index >= 15 is 0 Å². The molecule has 0 aliphatic heterocycles. The number of pyridine rings is 1. The number of hydrogen-bond acceptors (Lipinski definition) is 8. The summed E-state index contributed by atoms with van der Waals surface area (Å²) in [4.78, 5) is 14.2. The Morgan fingerprint density at radius 1 is 1.42 bits per heavy atom. The zero-order chi connectivity index (χ0) is 14.3. The van der Waals surface area contributed by atoms with Crippen LogP contribution in [0.15, 0.2) is 5.18 Å². The largest absolute Gasteiger partial charge is 0.395 e. The predicted octanol–water partition coefficient (Wildman–Crippen LogP) is 0.426. The summed E-state index contributed by atoms with van der Waals surface area (Å²) >= 11 is 0. The molecule has 1 rings (SSSR count). The minimum Gasteiger partial charge on any atom is -0.395 e. The van der Waals surface area contributed by atoms with Gasteiger partial charge < -0.3 is 21.5 Å². The fourth-order valence-electron chi connectivity index (χ4n) is 1.51. The van der Waals surface area contributed by atoms with Crippen molar-refractivity contribution in [2.24, 2.45) is 5.18 Å². The lowest BCUT2D eigenvalue weighted by Gasteiger charge is -2.14. The lowest BCUT2D eigenvalue weighted by molar-refractivity contribution is 0.311. The van der Waals surface area contributed by atoms with Crippen molar-refractivity contribution < 1.29 is 5.11 Å². The predicted molar refractivity (Wildman–Crippen MR) is 72.8 cm³/mol. The lowest BCUT2D eigenvalue weighted by atomic mass is 10.1. The Hall–Kier alpha value is -2.40. The Morgan fingerprint density at radius 3 is 2.68 bits per heavy atom. The highest BCUT2D eigenvalue weighted by Crippen LogP contribution is 2.28. The number of nitrogen functional groups attached to an aromatic ring is 1. The molecule has 0 unspecified atom stereocenters. The molecule has 0 aliphatic rings. The molecular weight excluding hydrogens is 248 g/mol. The first-order valence-electron chi connectivity index (χ1n) is 5.73. The summed E-state index contributed by atoms with van der Waals surface area (Å²) in [6, 6.07) is 2.03. The molecule has 0 saturated heterocycles. The van der Waals surface area contributed by atoms with Gasteiger partial charge in [0.05, 0.1) is 24.4 Å². The first-order valence-corrected chi connectivity index (χ1v) is 5.73. The van der Waals surface area contributed by atoms with Crippen LogP contribution in [0.3, 0.4) is 0 Å². The average Bonchev–Trinajstić information content (AvgIpc) is 2.41. The van der Waals surface area contributed by atoms with Gasteiger partial charge in [-0.1, -0.05) is 5.18 Å². The van der Waals surface area contributed by atoms with Crippen molar-refractivity contribution in [3.63, 3.8) is 0 Å². The van der Waals surface area contributed by atoms with Crippen LogP contribution < -0.4 is 16.4 Å². The number of aliphatic hydroxyl groups excluding tert-OH is 1. The summed E-state index contributed by atoms with van der Waals surface area (Å²) in [7, 11) is 0. The molecule has 0 aliphatic carbocycles. The first-order chi connectivity index (χ1) is 9.15. The Bertz CT molecular complexity index is 497.